The smallest absolute Gasteiger partial charge is 0.225 e. The molecule has 132 valence electrons. The van der Waals surface area contributed by atoms with Gasteiger partial charge in [0.15, 0.2) is 0 Å². The molecule has 2 fully saturated rings. The first kappa shape index (κ1) is 17.6. The van der Waals surface area contributed by atoms with Crippen molar-refractivity contribution in [3.8, 4) is 5.75 Å². The lowest BCUT2D eigenvalue weighted by Gasteiger charge is -2.22. The summed E-state index contributed by atoms with van der Waals surface area (Å²) in [6.07, 6.45) is 2.66. The normalized spacial score (nSPS) is 22.1. The molecule has 0 saturated carbocycles. The summed E-state index contributed by atoms with van der Waals surface area (Å²) in [6, 6.07) is 7.93. The van der Waals surface area contributed by atoms with Gasteiger partial charge < -0.3 is 20.1 Å². The maximum atomic E-state index is 12.1. The van der Waals surface area contributed by atoms with Gasteiger partial charge in [-0.3, -0.25) is 4.79 Å². The first-order chi connectivity index (χ1) is 11.8. The predicted molar refractivity (Wildman–Crippen MR) is 97.8 cm³/mol. The number of rotatable bonds is 6. The predicted octanol–water partition coefficient (Wildman–Crippen LogP) is 2.53. The Morgan fingerprint density at radius 2 is 2.08 bits per heavy atom. The maximum Gasteiger partial charge on any atom is 0.225 e. The molecule has 3 rings (SSSR count). The number of anilines is 1. The Hall–Kier alpha value is -1.24. The van der Waals surface area contributed by atoms with E-state index in [0.29, 0.717) is 12.3 Å². The second-order valence-corrected chi connectivity index (χ2v) is 7.52. The van der Waals surface area contributed by atoms with E-state index in [1.165, 1.54) is 0 Å². The minimum absolute atomic E-state index is 0.0610. The van der Waals surface area contributed by atoms with Crippen LogP contribution in [0, 0.1) is 5.92 Å². The maximum absolute atomic E-state index is 12.1. The Labute approximate surface area is 147 Å². The van der Waals surface area contributed by atoms with E-state index in [1.54, 1.807) is 0 Å². The largest absolute Gasteiger partial charge is 0.493 e. The van der Waals surface area contributed by atoms with Gasteiger partial charge in [0.2, 0.25) is 5.91 Å². The summed E-state index contributed by atoms with van der Waals surface area (Å²) in [6.45, 7) is 3.41. The highest BCUT2D eigenvalue weighted by Crippen LogP contribution is 2.20. The number of nitrogens with one attached hydrogen (secondary N) is 2. The fourth-order valence-corrected chi connectivity index (χ4v) is 3.90. The van der Waals surface area contributed by atoms with Gasteiger partial charge in [-0.1, -0.05) is 0 Å². The number of amides is 1. The van der Waals surface area contributed by atoms with Gasteiger partial charge in [0, 0.05) is 49.4 Å². The molecule has 2 aliphatic heterocycles. The van der Waals surface area contributed by atoms with Crippen molar-refractivity contribution in [1.82, 2.24) is 5.32 Å². The molecule has 1 aromatic rings. The minimum atomic E-state index is 0.0610. The molecule has 1 amide bonds. The van der Waals surface area contributed by atoms with Gasteiger partial charge in [0.05, 0.1) is 6.61 Å². The van der Waals surface area contributed by atoms with E-state index in [1.807, 2.05) is 36.0 Å². The number of hydrogen-bond acceptors (Lipinski definition) is 5. The molecule has 1 atom stereocenters. The fraction of sp³-hybridized carbons (Fsp3) is 0.611. The molecule has 5 nitrogen and oxygen atoms in total. The number of thioether (sulfide) groups is 1. The van der Waals surface area contributed by atoms with Crippen LogP contribution >= 0.6 is 11.8 Å². The minimum Gasteiger partial charge on any atom is -0.493 e. The van der Waals surface area contributed by atoms with E-state index in [4.69, 9.17) is 9.47 Å². The Morgan fingerprint density at radius 3 is 2.79 bits per heavy atom. The zero-order chi connectivity index (χ0) is 16.6. The van der Waals surface area contributed by atoms with Crippen LogP contribution < -0.4 is 15.4 Å². The van der Waals surface area contributed by atoms with E-state index in [0.717, 1.165) is 62.1 Å². The lowest BCUT2D eigenvalue weighted by Crippen LogP contribution is -2.39. The molecule has 2 aliphatic rings. The quantitative estimate of drug-likeness (QED) is 0.826. The number of carbonyl (C=O) groups is 1. The van der Waals surface area contributed by atoms with E-state index >= 15 is 0 Å². The van der Waals surface area contributed by atoms with E-state index < -0.39 is 0 Å². The number of carbonyl (C=O) groups excluding carboxylic acids is 1. The van der Waals surface area contributed by atoms with Crippen LogP contribution in [-0.4, -0.2) is 49.8 Å². The third kappa shape index (κ3) is 5.69. The standard InChI is InChI=1S/C18H26N2O3S/c21-18(11-16-13-24-10-7-19-16)20-15-1-3-17(4-2-15)23-12-14-5-8-22-9-6-14/h1-4,14,16,19H,5-13H2,(H,20,21). The molecule has 2 heterocycles. The molecular formula is C18H26N2O3S. The summed E-state index contributed by atoms with van der Waals surface area (Å²) in [5, 5.41) is 6.34. The van der Waals surface area contributed by atoms with E-state index in [-0.39, 0.29) is 11.9 Å². The third-order valence-electron chi connectivity index (χ3n) is 4.39. The number of ether oxygens (including phenoxy) is 2. The fourth-order valence-electron chi connectivity index (χ4n) is 2.95. The Balaban J connectivity index is 1.41. The van der Waals surface area contributed by atoms with E-state index in [2.05, 4.69) is 10.6 Å². The monoisotopic (exact) mass is 350 g/mol. The van der Waals surface area contributed by atoms with Crippen LogP contribution in [0.4, 0.5) is 5.69 Å². The van der Waals surface area contributed by atoms with Crippen molar-refractivity contribution in [2.45, 2.75) is 25.3 Å². The van der Waals surface area contributed by atoms with Gasteiger partial charge in [-0.15, -0.1) is 0 Å². The van der Waals surface area contributed by atoms with E-state index in [9.17, 15) is 4.79 Å². The average Bonchev–Trinajstić information content (AvgIpc) is 2.63. The zero-order valence-corrected chi connectivity index (χ0v) is 14.8. The molecular weight excluding hydrogens is 324 g/mol. The average molecular weight is 350 g/mol. The highest BCUT2D eigenvalue weighted by molar-refractivity contribution is 7.99. The second-order valence-electron chi connectivity index (χ2n) is 6.37. The molecule has 0 aliphatic carbocycles. The first-order valence-electron chi connectivity index (χ1n) is 8.71. The zero-order valence-electron chi connectivity index (χ0n) is 14.0. The molecule has 1 aromatic carbocycles. The first-order valence-corrected chi connectivity index (χ1v) is 9.86. The molecule has 0 bridgehead atoms. The van der Waals surface area contributed by atoms with Gasteiger partial charge in [-0.05, 0) is 43.0 Å². The Morgan fingerprint density at radius 1 is 1.29 bits per heavy atom. The van der Waals surface area contributed by atoms with Gasteiger partial charge in [0.25, 0.3) is 0 Å². The van der Waals surface area contributed by atoms with Gasteiger partial charge in [-0.2, -0.15) is 11.8 Å². The van der Waals surface area contributed by atoms with Crippen LogP contribution in [0.15, 0.2) is 24.3 Å². The van der Waals surface area contributed by atoms with Gasteiger partial charge >= 0.3 is 0 Å². The Bertz CT molecular complexity index is 512. The summed E-state index contributed by atoms with van der Waals surface area (Å²) >= 11 is 1.90. The molecule has 1 unspecified atom stereocenters. The van der Waals surface area contributed by atoms with Crippen molar-refractivity contribution >= 4 is 23.4 Å². The van der Waals surface area contributed by atoms with Crippen molar-refractivity contribution in [1.29, 1.82) is 0 Å². The van der Waals surface area contributed by atoms with Crippen LogP contribution in [0.1, 0.15) is 19.3 Å². The molecule has 2 N–H and O–H groups in total. The van der Waals surface area contributed by atoms with Crippen molar-refractivity contribution in [2.24, 2.45) is 5.92 Å². The molecule has 24 heavy (non-hydrogen) atoms. The van der Waals surface area contributed by atoms with Gasteiger partial charge in [-0.25, -0.2) is 0 Å². The summed E-state index contributed by atoms with van der Waals surface area (Å²) in [5.74, 6) is 3.63. The van der Waals surface area contributed by atoms with Crippen LogP contribution in [0.3, 0.4) is 0 Å². The Kier molecular flexibility index (Phi) is 6.81. The highest BCUT2D eigenvalue weighted by atomic mass is 32.2. The third-order valence-corrected chi connectivity index (χ3v) is 5.53. The summed E-state index contributed by atoms with van der Waals surface area (Å²) in [5.41, 5.74) is 0.821. The summed E-state index contributed by atoms with van der Waals surface area (Å²) in [4.78, 5) is 12.1. The second kappa shape index (κ2) is 9.30. The lowest BCUT2D eigenvalue weighted by molar-refractivity contribution is -0.116. The number of hydrogen-bond donors (Lipinski definition) is 2. The molecule has 0 spiro atoms. The van der Waals surface area contributed by atoms with Crippen LogP contribution in [0.5, 0.6) is 5.75 Å². The highest BCUT2D eigenvalue weighted by Gasteiger charge is 2.17. The van der Waals surface area contributed by atoms with Crippen molar-refractivity contribution in [3.63, 3.8) is 0 Å². The van der Waals surface area contributed by atoms with Crippen molar-refractivity contribution < 1.29 is 14.3 Å². The lowest BCUT2D eigenvalue weighted by atomic mass is 10.0. The topological polar surface area (TPSA) is 59.6 Å². The molecule has 0 aromatic heterocycles. The number of benzene rings is 1. The van der Waals surface area contributed by atoms with Crippen LogP contribution in [0.25, 0.3) is 0 Å². The molecule has 2 saturated heterocycles. The van der Waals surface area contributed by atoms with Gasteiger partial charge in [0.1, 0.15) is 5.75 Å². The van der Waals surface area contributed by atoms with Crippen LogP contribution in [-0.2, 0) is 9.53 Å². The SMILES string of the molecule is O=C(CC1CSCCN1)Nc1ccc(OCC2CCOCC2)cc1. The summed E-state index contributed by atoms with van der Waals surface area (Å²) in [7, 11) is 0. The summed E-state index contributed by atoms with van der Waals surface area (Å²) < 4.78 is 11.2. The van der Waals surface area contributed by atoms with Crippen molar-refractivity contribution in [3.05, 3.63) is 24.3 Å². The molecule has 0 radical (unpaired) electrons. The van der Waals surface area contributed by atoms with Crippen LogP contribution in [0.2, 0.25) is 0 Å². The van der Waals surface area contributed by atoms with Crippen molar-refractivity contribution in [2.75, 3.05) is 43.2 Å². The molecule has 6 heteroatoms.